The molecule has 1 aromatic heterocycles. The van der Waals surface area contributed by atoms with Gasteiger partial charge in [-0.15, -0.1) is 0 Å². The number of amides is 1. The van der Waals surface area contributed by atoms with Gasteiger partial charge >= 0.3 is 0 Å². The minimum absolute atomic E-state index is 0.110. The fraction of sp³-hybridized carbons (Fsp3) is 0.412. The van der Waals surface area contributed by atoms with Crippen LogP contribution in [0.25, 0.3) is 0 Å². The lowest BCUT2D eigenvalue weighted by atomic mass is 10.2. The lowest BCUT2D eigenvalue weighted by molar-refractivity contribution is -0.131. The van der Waals surface area contributed by atoms with Crippen LogP contribution in [0.2, 0.25) is 0 Å². The van der Waals surface area contributed by atoms with E-state index in [0.29, 0.717) is 50.6 Å². The minimum atomic E-state index is -0.214. The number of aryl methyl sites for hydroxylation is 2. The molecule has 0 spiro atoms. The smallest absolute Gasteiger partial charge is 0.223 e. The molecule has 0 unspecified atom stereocenters. The van der Waals surface area contributed by atoms with Gasteiger partial charge in [0.05, 0.1) is 11.4 Å². The molecule has 2 heterocycles. The maximum absolute atomic E-state index is 13.8. The van der Waals surface area contributed by atoms with Crippen LogP contribution in [0.1, 0.15) is 18.0 Å². The molecule has 0 radical (unpaired) electrons. The Hall–Kier alpha value is -2.37. The Labute approximate surface area is 134 Å². The van der Waals surface area contributed by atoms with Gasteiger partial charge < -0.3 is 14.2 Å². The van der Waals surface area contributed by atoms with Gasteiger partial charge in [-0.1, -0.05) is 12.1 Å². The number of para-hydroxylation sites is 1. The third kappa shape index (κ3) is 3.70. The highest BCUT2D eigenvalue weighted by Crippen LogP contribution is 2.20. The van der Waals surface area contributed by atoms with Gasteiger partial charge in [0.1, 0.15) is 12.1 Å². The van der Waals surface area contributed by atoms with Crippen LogP contribution in [-0.4, -0.2) is 42.0 Å². The van der Waals surface area contributed by atoms with Gasteiger partial charge in [0.25, 0.3) is 0 Å². The van der Waals surface area contributed by atoms with Crippen LogP contribution in [0.4, 0.5) is 10.1 Å². The van der Waals surface area contributed by atoms with Crippen molar-refractivity contribution < 1.29 is 13.6 Å². The van der Waals surface area contributed by atoms with Crippen LogP contribution in [0.15, 0.2) is 34.9 Å². The normalized spacial score (nSPS) is 15.0. The molecule has 1 aromatic carbocycles. The van der Waals surface area contributed by atoms with Crippen LogP contribution in [0.5, 0.6) is 0 Å². The van der Waals surface area contributed by atoms with Crippen LogP contribution in [0.3, 0.4) is 0 Å². The first-order valence-corrected chi connectivity index (χ1v) is 7.82. The summed E-state index contributed by atoms with van der Waals surface area (Å²) in [5, 5.41) is 0. The molecule has 1 amide bonds. The molecule has 3 rings (SSSR count). The molecular weight excluding hydrogens is 297 g/mol. The Kier molecular flexibility index (Phi) is 4.60. The third-order valence-electron chi connectivity index (χ3n) is 4.09. The number of nitrogens with zero attached hydrogens (tertiary/aromatic N) is 3. The standard InChI is InChI=1S/C17H20FN3O2/c1-13-19-14(12-23-13)6-7-17(22)21-10-8-20(9-11-21)16-5-3-2-4-15(16)18/h2-5,12H,6-11H2,1H3. The average molecular weight is 317 g/mol. The summed E-state index contributed by atoms with van der Waals surface area (Å²) >= 11 is 0. The van der Waals surface area contributed by atoms with E-state index in [4.69, 9.17) is 4.42 Å². The second-order valence-corrected chi connectivity index (χ2v) is 5.68. The monoisotopic (exact) mass is 317 g/mol. The van der Waals surface area contributed by atoms with Crippen LogP contribution in [-0.2, 0) is 11.2 Å². The zero-order chi connectivity index (χ0) is 16.2. The summed E-state index contributed by atoms with van der Waals surface area (Å²) in [5.41, 5.74) is 1.42. The van der Waals surface area contributed by atoms with Gasteiger partial charge in [-0.05, 0) is 12.1 Å². The Bertz CT molecular complexity index is 678. The van der Waals surface area contributed by atoms with Gasteiger partial charge in [0.15, 0.2) is 5.89 Å². The number of benzene rings is 1. The molecule has 0 atom stereocenters. The van der Waals surface area contributed by atoms with Gasteiger partial charge in [0.2, 0.25) is 5.91 Å². The van der Waals surface area contributed by atoms with Crippen molar-refractivity contribution in [1.82, 2.24) is 9.88 Å². The number of aromatic nitrogens is 1. The van der Waals surface area contributed by atoms with Crippen molar-refractivity contribution in [2.24, 2.45) is 0 Å². The predicted octanol–water partition coefficient (Wildman–Crippen LogP) is 2.40. The molecule has 0 saturated carbocycles. The van der Waals surface area contributed by atoms with Gasteiger partial charge in [-0.2, -0.15) is 0 Å². The van der Waals surface area contributed by atoms with Crippen LogP contribution < -0.4 is 4.90 Å². The Morgan fingerprint density at radius 3 is 2.65 bits per heavy atom. The summed E-state index contributed by atoms with van der Waals surface area (Å²) in [6.45, 7) is 4.31. The second-order valence-electron chi connectivity index (χ2n) is 5.68. The summed E-state index contributed by atoms with van der Waals surface area (Å²) in [6, 6.07) is 6.76. The third-order valence-corrected chi connectivity index (χ3v) is 4.09. The number of anilines is 1. The summed E-state index contributed by atoms with van der Waals surface area (Å²) < 4.78 is 18.9. The molecule has 1 aliphatic rings. The minimum Gasteiger partial charge on any atom is -0.449 e. The molecule has 23 heavy (non-hydrogen) atoms. The predicted molar refractivity (Wildman–Crippen MR) is 84.8 cm³/mol. The number of carbonyl (C=O) groups is 1. The quantitative estimate of drug-likeness (QED) is 0.869. The van der Waals surface area contributed by atoms with E-state index in [1.807, 2.05) is 15.9 Å². The van der Waals surface area contributed by atoms with Crippen molar-refractivity contribution in [3.05, 3.63) is 47.9 Å². The van der Waals surface area contributed by atoms with Gasteiger partial charge in [0, 0.05) is 45.9 Å². The van der Waals surface area contributed by atoms with Crippen molar-refractivity contribution >= 4 is 11.6 Å². The molecule has 1 aliphatic heterocycles. The molecule has 1 fully saturated rings. The average Bonchev–Trinajstić information content (AvgIpc) is 2.99. The van der Waals surface area contributed by atoms with E-state index < -0.39 is 0 Å². The number of rotatable bonds is 4. The lowest BCUT2D eigenvalue weighted by Crippen LogP contribution is -2.49. The Morgan fingerprint density at radius 1 is 1.26 bits per heavy atom. The highest BCUT2D eigenvalue weighted by atomic mass is 19.1. The molecule has 0 bridgehead atoms. The molecule has 122 valence electrons. The first kappa shape index (κ1) is 15.5. The molecule has 5 nitrogen and oxygen atoms in total. The maximum atomic E-state index is 13.8. The van der Waals surface area contributed by atoms with E-state index >= 15 is 0 Å². The van der Waals surface area contributed by atoms with Crippen molar-refractivity contribution in [2.45, 2.75) is 19.8 Å². The number of carbonyl (C=O) groups excluding carboxylic acids is 1. The first-order valence-electron chi connectivity index (χ1n) is 7.82. The topological polar surface area (TPSA) is 49.6 Å². The van der Waals surface area contributed by atoms with Crippen LogP contribution in [0, 0.1) is 12.7 Å². The highest BCUT2D eigenvalue weighted by Gasteiger charge is 2.22. The molecule has 0 N–H and O–H groups in total. The second kappa shape index (κ2) is 6.81. The SMILES string of the molecule is Cc1nc(CCC(=O)N2CCN(c3ccccc3F)CC2)co1. The molecule has 1 saturated heterocycles. The summed E-state index contributed by atoms with van der Waals surface area (Å²) in [7, 11) is 0. The summed E-state index contributed by atoms with van der Waals surface area (Å²) in [4.78, 5) is 20.3. The summed E-state index contributed by atoms with van der Waals surface area (Å²) in [6.07, 6.45) is 2.61. The fourth-order valence-electron chi connectivity index (χ4n) is 2.82. The van der Waals surface area contributed by atoms with E-state index in [9.17, 15) is 9.18 Å². The van der Waals surface area contributed by atoms with Crippen molar-refractivity contribution in [3.8, 4) is 0 Å². The number of hydrogen-bond acceptors (Lipinski definition) is 4. The largest absolute Gasteiger partial charge is 0.449 e. The maximum Gasteiger partial charge on any atom is 0.223 e. The van der Waals surface area contributed by atoms with Crippen molar-refractivity contribution in [1.29, 1.82) is 0 Å². The number of halogens is 1. The molecule has 2 aromatic rings. The fourth-order valence-corrected chi connectivity index (χ4v) is 2.82. The Balaban J connectivity index is 1.50. The molecule has 6 heteroatoms. The lowest BCUT2D eigenvalue weighted by Gasteiger charge is -2.36. The number of piperazine rings is 1. The van der Waals surface area contributed by atoms with E-state index in [-0.39, 0.29) is 11.7 Å². The number of hydrogen-bond donors (Lipinski definition) is 0. The zero-order valence-corrected chi connectivity index (χ0v) is 13.2. The van der Waals surface area contributed by atoms with Crippen LogP contribution >= 0.6 is 0 Å². The van der Waals surface area contributed by atoms with E-state index in [2.05, 4.69) is 4.98 Å². The first-order chi connectivity index (χ1) is 11.1. The number of oxazole rings is 1. The summed E-state index contributed by atoms with van der Waals surface area (Å²) in [5.74, 6) is 0.512. The molecule has 0 aliphatic carbocycles. The van der Waals surface area contributed by atoms with E-state index in [0.717, 1.165) is 5.69 Å². The molecular formula is C17H20FN3O2. The van der Waals surface area contributed by atoms with Gasteiger partial charge in [-0.25, -0.2) is 9.37 Å². The van der Waals surface area contributed by atoms with E-state index in [1.54, 1.807) is 25.3 Å². The Morgan fingerprint density at radius 2 is 2.00 bits per heavy atom. The van der Waals surface area contributed by atoms with Crippen molar-refractivity contribution in [2.75, 3.05) is 31.1 Å². The van der Waals surface area contributed by atoms with Gasteiger partial charge in [-0.3, -0.25) is 4.79 Å². The zero-order valence-electron chi connectivity index (χ0n) is 13.2. The van der Waals surface area contributed by atoms with E-state index in [1.165, 1.54) is 6.07 Å². The highest BCUT2D eigenvalue weighted by molar-refractivity contribution is 5.76. The van der Waals surface area contributed by atoms with Crippen molar-refractivity contribution in [3.63, 3.8) is 0 Å².